The van der Waals surface area contributed by atoms with Gasteiger partial charge in [-0.2, -0.15) is 9.97 Å². The number of carbonyl (C=O) groups excluding carboxylic acids is 1. The van der Waals surface area contributed by atoms with Gasteiger partial charge in [0.05, 0.1) is 12.2 Å². The lowest BCUT2D eigenvalue weighted by Crippen LogP contribution is -2.49. The quantitative estimate of drug-likeness (QED) is 0.471. The van der Waals surface area contributed by atoms with Crippen molar-refractivity contribution >= 4 is 11.7 Å². The van der Waals surface area contributed by atoms with Crippen molar-refractivity contribution in [2.45, 2.75) is 38.2 Å². The molecule has 4 heterocycles. The largest absolute Gasteiger partial charge is 0.508 e. The Kier molecular flexibility index (Phi) is 9.59. The van der Waals surface area contributed by atoms with Gasteiger partial charge in [0.1, 0.15) is 18.2 Å². The van der Waals surface area contributed by atoms with Gasteiger partial charge in [-0.15, -0.1) is 0 Å². The number of hydrogen-bond acceptors (Lipinski definition) is 8. The third kappa shape index (κ3) is 7.70. The summed E-state index contributed by atoms with van der Waals surface area (Å²) in [5.74, 6) is -1.69. The number of aliphatic hydroxyl groups is 1. The van der Waals surface area contributed by atoms with Crippen LogP contribution >= 0.6 is 0 Å². The van der Waals surface area contributed by atoms with Crippen LogP contribution in [0.3, 0.4) is 0 Å². The number of rotatable bonds is 7. The first-order valence-electron chi connectivity index (χ1n) is 14.9. The minimum atomic E-state index is -2.59. The number of likely N-dealkylation sites (tertiary alicyclic amines) is 1. The fourth-order valence-electron chi connectivity index (χ4n) is 5.75. The van der Waals surface area contributed by atoms with Gasteiger partial charge in [-0.1, -0.05) is 37.5 Å². The molecule has 2 saturated heterocycles. The monoisotopic (exact) mass is 594 g/mol. The van der Waals surface area contributed by atoms with Gasteiger partial charge < -0.3 is 24.5 Å². The Morgan fingerprint density at radius 2 is 1.84 bits per heavy atom. The predicted molar refractivity (Wildman–Crippen MR) is 162 cm³/mol. The van der Waals surface area contributed by atoms with Crippen LogP contribution in [0.2, 0.25) is 0 Å². The summed E-state index contributed by atoms with van der Waals surface area (Å²) in [5.41, 5.74) is 3.45. The maximum atomic E-state index is 13.6. The number of alkyl halides is 2. The number of halogens is 2. The number of nitrogens with zero attached hydrogens (tertiary/aromatic N) is 6. The van der Waals surface area contributed by atoms with Crippen molar-refractivity contribution < 1.29 is 23.4 Å². The minimum Gasteiger partial charge on any atom is -0.508 e. The molecule has 43 heavy (non-hydrogen) atoms. The Bertz CT molecular complexity index is 1340. The van der Waals surface area contributed by atoms with Crippen molar-refractivity contribution in [3.63, 3.8) is 0 Å². The number of hydrogen-bond donors (Lipinski definition) is 1. The standard InChI is InChI=1S/C32H40F2N6O3/c1-3-29(42)38-16-18-39(19-17-38)30-26-10-13-40(28-22-25(41)9-7-5-4-6-8-24(28)2)23-27(26)35-31(36-30)43-21-20-37-14-11-32(33,34)12-15-37/h3-6,8-9,22,41H,1-2,7,10-21,23H2/b5-4-,8-6-,25-9+,28-22+. The second kappa shape index (κ2) is 13.5. The van der Waals surface area contributed by atoms with Gasteiger partial charge in [-0.25, -0.2) is 8.78 Å². The zero-order valence-corrected chi connectivity index (χ0v) is 24.6. The fraction of sp³-hybridized carbons (Fsp3) is 0.469. The molecule has 0 bridgehead atoms. The lowest BCUT2D eigenvalue weighted by molar-refractivity contribution is -0.126. The van der Waals surface area contributed by atoms with E-state index in [1.807, 2.05) is 29.2 Å². The number of piperidine rings is 1. The molecule has 9 nitrogen and oxygen atoms in total. The van der Waals surface area contributed by atoms with E-state index in [4.69, 9.17) is 14.7 Å². The highest BCUT2D eigenvalue weighted by Crippen LogP contribution is 2.32. The van der Waals surface area contributed by atoms with E-state index >= 15 is 0 Å². The van der Waals surface area contributed by atoms with Crippen molar-refractivity contribution in [2.75, 3.05) is 63.9 Å². The SMILES string of the molecule is C=CC(=O)N1CCN(c2nc(OCCN3CCC(F)(F)CC3)nc3c2CCN(/C2=C/C(O)=C\C/C=C\C=C/C2=C)C3)CC1. The van der Waals surface area contributed by atoms with E-state index in [1.165, 1.54) is 6.08 Å². The van der Waals surface area contributed by atoms with Gasteiger partial charge >= 0.3 is 6.01 Å². The molecule has 2 fully saturated rings. The first kappa shape index (κ1) is 30.5. The zero-order valence-electron chi connectivity index (χ0n) is 24.6. The summed E-state index contributed by atoms with van der Waals surface area (Å²) >= 11 is 0. The molecule has 4 aliphatic rings. The average molecular weight is 595 g/mol. The Balaban J connectivity index is 1.37. The van der Waals surface area contributed by atoms with Crippen molar-refractivity contribution in [2.24, 2.45) is 0 Å². The number of carbonyl (C=O) groups is 1. The molecule has 1 N–H and O–H groups in total. The Morgan fingerprint density at radius 1 is 1.07 bits per heavy atom. The number of aliphatic hydroxyl groups excluding tert-OH is 1. The van der Waals surface area contributed by atoms with Crippen LogP contribution in [0.1, 0.15) is 30.5 Å². The molecule has 3 aliphatic heterocycles. The van der Waals surface area contributed by atoms with Gasteiger partial charge in [-0.3, -0.25) is 9.69 Å². The highest BCUT2D eigenvalue weighted by Gasteiger charge is 2.34. The summed E-state index contributed by atoms with van der Waals surface area (Å²) < 4.78 is 33.2. The minimum absolute atomic E-state index is 0.0828. The summed E-state index contributed by atoms with van der Waals surface area (Å²) in [6, 6.07) is 0.245. The molecular weight excluding hydrogens is 554 g/mol. The summed E-state index contributed by atoms with van der Waals surface area (Å²) in [7, 11) is 0. The lowest BCUT2D eigenvalue weighted by Gasteiger charge is -2.38. The smallest absolute Gasteiger partial charge is 0.318 e. The van der Waals surface area contributed by atoms with E-state index in [9.17, 15) is 18.7 Å². The number of allylic oxidation sites excluding steroid dienone is 6. The third-order valence-electron chi connectivity index (χ3n) is 8.28. The van der Waals surface area contributed by atoms with Gasteiger partial charge in [0.25, 0.3) is 5.92 Å². The van der Waals surface area contributed by atoms with Gasteiger partial charge in [0.2, 0.25) is 5.91 Å². The topological polar surface area (TPSA) is 85.3 Å². The maximum absolute atomic E-state index is 13.6. The number of piperazine rings is 1. The molecule has 0 saturated carbocycles. The average Bonchev–Trinajstić information content (AvgIpc) is 3.01. The highest BCUT2D eigenvalue weighted by molar-refractivity contribution is 5.87. The van der Waals surface area contributed by atoms with Crippen molar-refractivity contribution in [3.05, 3.63) is 84.0 Å². The lowest BCUT2D eigenvalue weighted by atomic mass is 10.0. The van der Waals surface area contributed by atoms with Crippen LogP contribution in [0.25, 0.3) is 0 Å². The molecule has 1 aromatic heterocycles. The van der Waals surface area contributed by atoms with Crippen molar-refractivity contribution in [3.8, 4) is 6.01 Å². The predicted octanol–water partition coefficient (Wildman–Crippen LogP) is 4.18. The molecule has 230 valence electrons. The van der Waals surface area contributed by atoms with Crippen LogP contribution in [0.15, 0.2) is 72.7 Å². The number of amides is 1. The number of aromatic nitrogens is 2. The van der Waals surface area contributed by atoms with E-state index in [0.717, 1.165) is 28.3 Å². The Hall–Kier alpha value is -3.99. The summed E-state index contributed by atoms with van der Waals surface area (Å²) in [5, 5.41) is 10.5. The fourth-order valence-corrected chi connectivity index (χ4v) is 5.75. The first-order chi connectivity index (χ1) is 20.7. The molecule has 0 atom stereocenters. The molecule has 0 aromatic carbocycles. The molecule has 1 aliphatic carbocycles. The van der Waals surface area contributed by atoms with Crippen LogP contribution in [-0.2, 0) is 17.8 Å². The number of ether oxygens (including phenoxy) is 1. The van der Waals surface area contributed by atoms with Crippen LogP contribution < -0.4 is 9.64 Å². The van der Waals surface area contributed by atoms with Gasteiger partial charge in [0.15, 0.2) is 0 Å². The van der Waals surface area contributed by atoms with Crippen molar-refractivity contribution in [1.29, 1.82) is 0 Å². The number of anilines is 1. The molecule has 1 aromatic rings. The zero-order chi connectivity index (χ0) is 30.4. The second-order valence-corrected chi connectivity index (χ2v) is 11.2. The molecular formula is C32H40F2N6O3. The summed E-state index contributed by atoms with van der Waals surface area (Å²) in [6.45, 7) is 12.8. The van der Waals surface area contributed by atoms with E-state index in [-0.39, 0.29) is 37.1 Å². The Morgan fingerprint density at radius 3 is 2.58 bits per heavy atom. The molecule has 11 heteroatoms. The normalized spacial score (nSPS) is 25.1. The van der Waals surface area contributed by atoms with Crippen LogP contribution in [0.5, 0.6) is 6.01 Å². The third-order valence-corrected chi connectivity index (χ3v) is 8.28. The van der Waals surface area contributed by atoms with Gasteiger partial charge in [0, 0.05) is 82.5 Å². The molecule has 0 radical (unpaired) electrons. The van der Waals surface area contributed by atoms with E-state index in [2.05, 4.69) is 23.0 Å². The van der Waals surface area contributed by atoms with E-state index < -0.39 is 5.92 Å². The number of fused-ring (bicyclic) bond motifs is 1. The van der Waals surface area contributed by atoms with Gasteiger partial charge in [-0.05, 0) is 30.6 Å². The van der Waals surface area contributed by atoms with Crippen LogP contribution in [0.4, 0.5) is 14.6 Å². The summed E-state index contributed by atoms with van der Waals surface area (Å²) in [6.07, 6.45) is 13.6. The molecule has 0 spiro atoms. The highest BCUT2D eigenvalue weighted by atomic mass is 19.3. The van der Waals surface area contributed by atoms with E-state index in [0.29, 0.717) is 71.7 Å². The second-order valence-electron chi connectivity index (χ2n) is 11.2. The molecule has 0 unspecified atom stereocenters. The maximum Gasteiger partial charge on any atom is 0.318 e. The molecule has 5 rings (SSSR count). The van der Waals surface area contributed by atoms with Crippen LogP contribution in [-0.4, -0.2) is 101 Å². The van der Waals surface area contributed by atoms with Crippen molar-refractivity contribution in [1.82, 2.24) is 24.7 Å². The van der Waals surface area contributed by atoms with Crippen LogP contribution in [0, 0.1) is 0 Å². The van der Waals surface area contributed by atoms with E-state index in [1.54, 1.807) is 17.1 Å². The first-order valence-corrected chi connectivity index (χ1v) is 14.9. The molecule has 1 amide bonds. The Labute approximate surface area is 251 Å². The summed E-state index contributed by atoms with van der Waals surface area (Å²) in [4.78, 5) is 29.9.